The Kier molecular flexibility index (Phi) is 0.947. The Hall–Kier alpha value is -0.840. The first kappa shape index (κ1) is 5.91. The minimum absolute atomic E-state index is 0.123. The van der Waals surface area contributed by atoms with Gasteiger partial charge in [0.25, 0.3) is 0 Å². The second-order valence-corrected chi connectivity index (χ2v) is 3.33. The zero-order valence-electron chi connectivity index (χ0n) is 5.76. The molecule has 0 radical (unpaired) electrons. The second kappa shape index (κ2) is 1.60. The van der Waals surface area contributed by atoms with E-state index in [1.807, 2.05) is 0 Å². The van der Waals surface area contributed by atoms with Gasteiger partial charge in [-0.3, -0.25) is 4.79 Å². The fraction of sp³-hybridized carbons (Fsp3) is 0.750. The van der Waals surface area contributed by atoms with Gasteiger partial charge in [-0.05, 0) is 19.3 Å². The van der Waals surface area contributed by atoms with Crippen molar-refractivity contribution in [1.29, 1.82) is 5.26 Å². The van der Waals surface area contributed by atoms with Crippen molar-refractivity contribution >= 4 is 5.78 Å². The SMILES string of the molecule is N#C[C@]12CCC(=O)[C@H]1CC2. The fourth-order valence-corrected chi connectivity index (χ4v) is 2.12. The number of nitriles is 1. The normalized spacial score (nSPS) is 43.9. The third-order valence-corrected chi connectivity index (χ3v) is 2.97. The highest BCUT2D eigenvalue weighted by Gasteiger charge is 2.54. The lowest BCUT2D eigenvalue weighted by atomic mass is 9.63. The van der Waals surface area contributed by atoms with E-state index in [1.54, 1.807) is 0 Å². The van der Waals surface area contributed by atoms with Crippen LogP contribution in [0.3, 0.4) is 0 Å². The van der Waals surface area contributed by atoms with Gasteiger partial charge >= 0.3 is 0 Å². The van der Waals surface area contributed by atoms with Gasteiger partial charge in [0.1, 0.15) is 5.78 Å². The summed E-state index contributed by atoms with van der Waals surface area (Å²) in [4.78, 5) is 11.0. The minimum atomic E-state index is -0.197. The van der Waals surface area contributed by atoms with Crippen LogP contribution in [-0.2, 0) is 4.79 Å². The largest absolute Gasteiger partial charge is 0.299 e. The number of Topliss-reactive ketones (excluding diaryl/α,β-unsaturated/α-hetero) is 1. The molecule has 0 aliphatic heterocycles. The number of nitrogens with zero attached hydrogens (tertiary/aromatic N) is 1. The summed E-state index contributed by atoms with van der Waals surface area (Å²) in [5.41, 5.74) is -0.197. The van der Waals surface area contributed by atoms with Crippen LogP contribution in [0.5, 0.6) is 0 Å². The maximum Gasteiger partial charge on any atom is 0.137 e. The van der Waals surface area contributed by atoms with E-state index >= 15 is 0 Å². The van der Waals surface area contributed by atoms with Crippen LogP contribution in [0.4, 0.5) is 0 Å². The van der Waals surface area contributed by atoms with Crippen molar-refractivity contribution in [2.45, 2.75) is 25.7 Å². The molecule has 2 fully saturated rings. The van der Waals surface area contributed by atoms with E-state index in [9.17, 15) is 4.79 Å². The molecule has 2 nitrogen and oxygen atoms in total. The molecule has 0 saturated heterocycles. The second-order valence-electron chi connectivity index (χ2n) is 3.33. The van der Waals surface area contributed by atoms with E-state index in [1.165, 1.54) is 0 Å². The molecule has 0 N–H and O–H groups in total. The summed E-state index contributed by atoms with van der Waals surface area (Å²) >= 11 is 0. The molecule has 0 unspecified atom stereocenters. The maximum atomic E-state index is 11.0. The minimum Gasteiger partial charge on any atom is -0.299 e. The van der Waals surface area contributed by atoms with Crippen LogP contribution in [0, 0.1) is 22.7 Å². The van der Waals surface area contributed by atoms with E-state index < -0.39 is 0 Å². The molecule has 0 amide bonds. The average molecular weight is 135 g/mol. The molecule has 10 heavy (non-hydrogen) atoms. The first-order valence-electron chi connectivity index (χ1n) is 3.72. The predicted molar refractivity (Wildman–Crippen MR) is 35.0 cm³/mol. The molecule has 2 heteroatoms. The summed E-state index contributed by atoms with van der Waals surface area (Å²) in [5, 5.41) is 8.76. The molecule has 2 saturated carbocycles. The summed E-state index contributed by atoms with van der Waals surface area (Å²) in [6, 6.07) is 2.29. The van der Waals surface area contributed by atoms with Crippen molar-refractivity contribution in [3.8, 4) is 6.07 Å². The van der Waals surface area contributed by atoms with Crippen molar-refractivity contribution in [2.24, 2.45) is 11.3 Å². The number of hydrogen-bond donors (Lipinski definition) is 0. The molecule has 0 aromatic carbocycles. The fourth-order valence-electron chi connectivity index (χ4n) is 2.12. The number of fused-ring (bicyclic) bond motifs is 1. The quantitative estimate of drug-likeness (QED) is 0.502. The topological polar surface area (TPSA) is 40.9 Å². The van der Waals surface area contributed by atoms with Gasteiger partial charge in [-0.1, -0.05) is 0 Å². The van der Waals surface area contributed by atoms with Crippen LogP contribution in [0.15, 0.2) is 0 Å². The molecule has 0 aromatic heterocycles. The first-order chi connectivity index (χ1) is 4.78. The smallest absolute Gasteiger partial charge is 0.137 e. The lowest BCUT2D eigenvalue weighted by molar-refractivity contribution is -0.124. The van der Waals surface area contributed by atoms with Crippen molar-refractivity contribution in [2.75, 3.05) is 0 Å². The Morgan fingerprint density at radius 2 is 2.40 bits per heavy atom. The summed E-state index contributed by atoms with van der Waals surface area (Å²) < 4.78 is 0. The van der Waals surface area contributed by atoms with E-state index in [0.29, 0.717) is 12.2 Å². The summed E-state index contributed by atoms with van der Waals surface area (Å²) in [6.45, 7) is 0. The number of rotatable bonds is 0. The molecule has 2 aliphatic carbocycles. The third-order valence-electron chi connectivity index (χ3n) is 2.97. The molecular formula is C8H9NO. The van der Waals surface area contributed by atoms with Crippen molar-refractivity contribution < 1.29 is 4.79 Å². The van der Waals surface area contributed by atoms with Gasteiger partial charge < -0.3 is 0 Å². The number of ketones is 1. The van der Waals surface area contributed by atoms with E-state index in [4.69, 9.17) is 5.26 Å². The molecule has 0 spiro atoms. The molecule has 52 valence electrons. The third kappa shape index (κ3) is 0.465. The lowest BCUT2D eigenvalue weighted by Gasteiger charge is -2.37. The summed E-state index contributed by atoms with van der Waals surface area (Å²) in [7, 11) is 0. The number of hydrogen-bond acceptors (Lipinski definition) is 2. The van der Waals surface area contributed by atoms with Crippen LogP contribution in [0.2, 0.25) is 0 Å². The van der Waals surface area contributed by atoms with Gasteiger partial charge in [-0.2, -0.15) is 5.26 Å². The average Bonchev–Trinajstić information content (AvgIpc) is 2.06. The Morgan fingerprint density at radius 3 is 2.70 bits per heavy atom. The van der Waals surface area contributed by atoms with Gasteiger partial charge in [-0.15, -0.1) is 0 Å². The van der Waals surface area contributed by atoms with Gasteiger partial charge in [0, 0.05) is 12.3 Å². The Bertz CT molecular complexity index is 228. The monoisotopic (exact) mass is 135 g/mol. The highest BCUT2D eigenvalue weighted by molar-refractivity contribution is 5.86. The Labute approximate surface area is 59.8 Å². The van der Waals surface area contributed by atoms with Crippen LogP contribution in [0.1, 0.15) is 25.7 Å². The van der Waals surface area contributed by atoms with E-state index in [2.05, 4.69) is 6.07 Å². The van der Waals surface area contributed by atoms with Crippen molar-refractivity contribution in [3.63, 3.8) is 0 Å². The molecule has 0 aromatic rings. The number of carbonyl (C=O) groups excluding carboxylic acids is 1. The zero-order valence-corrected chi connectivity index (χ0v) is 5.76. The number of carbonyl (C=O) groups is 1. The Morgan fingerprint density at radius 1 is 1.60 bits per heavy atom. The predicted octanol–water partition coefficient (Wildman–Crippen LogP) is 1.27. The van der Waals surface area contributed by atoms with Crippen molar-refractivity contribution in [1.82, 2.24) is 0 Å². The summed E-state index contributed by atoms with van der Waals surface area (Å²) in [5.74, 6) is 0.449. The lowest BCUT2D eigenvalue weighted by Crippen LogP contribution is -2.36. The van der Waals surface area contributed by atoms with Gasteiger partial charge in [-0.25, -0.2) is 0 Å². The summed E-state index contributed by atoms with van der Waals surface area (Å²) in [6.07, 6.45) is 3.40. The van der Waals surface area contributed by atoms with Crippen LogP contribution >= 0.6 is 0 Å². The van der Waals surface area contributed by atoms with Gasteiger partial charge in [0.05, 0.1) is 11.5 Å². The van der Waals surface area contributed by atoms with Crippen LogP contribution < -0.4 is 0 Å². The maximum absolute atomic E-state index is 11.0. The molecular weight excluding hydrogens is 126 g/mol. The molecule has 0 bridgehead atoms. The standard InChI is InChI=1S/C8H9NO/c9-5-8-3-1-6(8)7(10)2-4-8/h6H,1-4H2/t6-,8+/m1/s1. The van der Waals surface area contributed by atoms with Gasteiger partial charge in [0.2, 0.25) is 0 Å². The van der Waals surface area contributed by atoms with E-state index in [-0.39, 0.29) is 11.3 Å². The van der Waals surface area contributed by atoms with E-state index in [0.717, 1.165) is 19.3 Å². The first-order valence-corrected chi connectivity index (χ1v) is 3.72. The Balaban J connectivity index is 2.30. The highest BCUT2D eigenvalue weighted by atomic mass is 16.1. The van der Waals surface area contributed by atoms with Crippen LogP contribution in [-0.4, -0.2) is 5.78 Å². The zero-order chi connectivity index (χ0) is 7.19. The molecule has 2 rings (SSSR count). The van der Waals surface area contributed by atoms with Crippen LogP contribution in [0.25, 0.3) is 0 Å². The molecule has 0 heterocycles. The molecule has 2 atom stereocenters. The van der Waals surface area contributed by atoms with Crippen molar-refractivity contribution in [3.05, 3.63) is 0 Å². The molecule has 2 aliphatic rings. The highest BCUT2D eigenvalue weighted by Crippen LogP contribution is 2.55. The van der Waals surface area contributed by atoms with Gasteiger partial charge in [0.15, 0.2) is 0 Å².